The smallest absolute Gasteiger partial charge is 0.387 e. The fraction of sp³-hybridized carbons (Fsp3) is 0.346. The highest BCUT2D eigenvalue weighted by Gasteiger charge is 2.43. The summed E-state index contributed by atoms with van der Waals surface area (Å²) in [5, 5.41) is 3.29. The minimum absolute atomic E-state index is 0.00811. The molecule has 0 fully saturated rings. The molecule has 2 aromatic heterocycles. The first-order valence-corrected chi connectivity index (χ1v) is 14.0. The van der Waals surface area contributed by atoms with Crippen LogP contribution >= 0.6 is 0 Å². The van der Waals surface area contributed by atoms with Crippen LogP contribution in [0.5, 0.6) is 5.75 Å². The highest BCUT2D eigenvalue weighted by molar-refractivity contribution is 7.90. The summed E-state index contributed by atoms with van der Waals surface area (Å²) in [6.07, 6.45) is 4.22. The van der Waals surface area contributed by atoms with Gasteiger partial charge in [0.05, 0.1) is 23.1 Å². The number of benzene rings is 2. The first-order chi connectivity index (χ1) is 18.1. The molecule has 6 rings (SSSR count). The molecule has 2 bridgehead atoms. The fourth-order valence-electron chi connectivity index (χ4n) is 5.61. The van der Waals surface area contributed by atoms with E-state index in [-0.39, 0.29) is 35.2 Å². The van der Waals surface area contributed by atoms with E-state index in [0.717, 1.165) is 23.1 Å². The average Bonchev–Trinajstić information content (AvgIpc) is 3.33. The molecule has 1 N–H and O–H groups in total. The van der Waals surface area contributed by atoms with Crippen molar-refractivity contribution in [3.8, 4) is 16.9 Å². The van der Waals surface area contributed by atoms with Crippen LogP contribution in [0, 0.1) is 5.82 Å². The number of ether oxygens (including phenoxy) is 1. The Balaban J connectivity index is 1.74. The van der Waals surface area contributed by atoms with Crippen LogP contribution in [0.25, 0.3) is 22.2 Å². The first-order valence-electron chi connectivity index (χ1n) is 12.1. The van der Waals surface area contributed by atoms with Crippen LogP contribution in [0.2, 0.25) is 0 Å². The van der Waals surface area contributed by atoms with Crippen molar-refractivity contribution in [2.24, 2.45) is 0 Å². The maximum absolute atomic E-state index is 16.0. The Kier molecular flexibility index (Phi) is 5.72. The quantitative estimate of drug-likeness (QED) is 0.382. The molecule has 38 heavy (non-hydrogen) atoms. The summed E-state index contributed by atoms with van der Waals surface area (Å²) in [6.45, 7) is 0.441. The second-order valence-electron chi connectivity index (χ2n) is 9.89. The molecule has 8 nitrogen and oxygen atoms in total. The number of hydrogen-bond donors (Lipinski definition) is 1. The van der Waals surface area contributed by atoms with Crippen LogP contribution in [0.1, 0.15) is 61.0 Å². The molecule has 0 saturated heterocycles. The number of para-hydroxylation sites is 2. The van der Waals surface area contributed by atoms with Gasteiger partial charge >= 0.3 is 6.61 Å². The summed E-state index contributed by atoms with van der Waals surface area (Å²) in [5.74, 6) is -0.853. The van der Waals surface area contributed by atoms with E-state index in [2.05, 4.69) is 20.0 Å². The minimum atomic E-state index is -4.27. The van der Waals surface area contributed by atoms with Crippen molar-refractivity contribution < 1.29 is 26.3 Å². The number of aromatic nitrogens is 4. The SMILES string of the molecule is CC(C)c1ncc(-c2c3c(c(OC(F)F)c(F)c2S(C)(=O)=O)CN[C@@H]2C[C@H]3n3c2nc2ccccc23)cn1. The van der Waals surface area contributed by atoms with E-state index in [1.807, 2.05) is 42.7 Å². The molecule has 2 aromatic carbocycles. The molecule has 0 amide bonds. The van der Waals surface area contributed by atoms with Gasteiger partial charge in [0.15, 0.2) is 21.4 Å². The van der Waals surface area contributed by atoms with Crippen molar-refractivity contribution in [3.63, 3.8) is 0 Å². The second-order valence-corrected chi connectivity index (χ2v) is 11.8. The summed E-state index contributed by atoms with van der Waals surface area (Å²) in [4.78, 5) is 12.8. The Morgan fingerprint density at radius 2 is 1.87 bits per heavy atom. The van der Waals surface area contributed by atoms with E-state index in [1.54, 1.807) is 0 Å². The standard InChI is InChI=1S/C26H24F3N5O3S/c1-12(2)24-31-9-13(10-32-24)19-20-14(22(37-26(28)29)21(27)23(19)38(3,35)36)11-30-16-8-18(20)34-17-7-5-4-6-15(17)33-25(16)34/h4-7,9-10,12,16,18,26,30H,8,11H2,1-3H3/t16-,18-/m1/s1. The number of nitrogens with one attached hydrogen (secondary N) is 1. The third-order valence-electron chi connectivity index (χ3n) is 7.11. The summed E-state index contributed by atoms with van der Waals surface area (Å²) in [6, 6.07) is 6.68. The molecular weight excluding hydrogens is 519 g/mol. The van der Waals surface area contributed by atoms with E-state index in [1.165, 1.54) is 12.4 Å². The second kappa shape index (κ2) is 8.77. The Bertz CT molecular complexity index is 1690. The van der Waals surface area contributed by atoms with E-state index in [9.17, 15) is 17.2 Å². The van der Waals surface area contributed by atoms with E-state index < -0.39 is 39.0 Å². The third-order valence-corrected chi connectivity index (χ3v) is 8.24. The summed E-state index contributed by atoms with van der Waals surface area (Å²) < 4.78 is 75.9. The van der Waals surface area contributed by atoms with Gasteiger partial charge in [0, 0.05) is 47.8 Å². The van der Waals surface area contributed by atoms with Crippen molar-refractivity contribution in [1.82, 2.24) is 24.8 Å². The highest BCUT2D eigenvalue weighted by Crippen LogP contribution is 2.52. The van der Waals surface area contributed by atoms with Crippen LogP contribution in [0.15, 0.2) is 41.6 Å². The largest absolute Gasteiger partial charge is 0.431 e. The predicted octanol–water partition coefficient (Wildman–Crippen LogP) is 4.90. The van der Waals surface area contributed by atoms with Crippen LogP contribution in [0.3, 0.4) is 0 Å². The number of imidazole rings is 1. The molecule has 198 valence electrons. The van der Waals surface area contributed by atoms with Gasteiger partial charge in [-0.15, -0.1) is 0 Å². The molecule has 0 aliphatic carbocycles. The molecule has 2 atom stereocenters. The normalized spacial score (nSPS) is 18.6. The average molecular weight is 544 g/mol. The number of halogens is 3. The van der Waals surface area contributed by atoms with Crippen molar-refractivity contribution >= 4 is 20.9 Å². The highest BCUT2D eigenvalue weighted by atomic mass is 32.2. The molecule has 4 aromatic rings. The lowest BCUT2D eigenvalue weighted by molar-refractivity contribution is -0.0532. The molecule has 0 spiro atoms. The zero-order valence-corrected chi connectivity index (χ0v) is 21.6. The van der Waals surface area contributed by atoms with E-state index >= 15 is 4.39 Å². The zero-order valence-electron chi connectivity index (χ0n) is 20.7. The van der Waals surface area contributed by atoms with Crippen LogP contribution in [-0.2, 0) is 16.4 Å². The molecule has 4 heterocycles. The number of fused-ring (bicyclic) bond motifs is 9. The Morgan fingerprint density at radius 3 is 2.53 bits per heavy atom. The van der Waals surface area contributed by atoms with Gasteiger partial charge in [0.25, 0.3) is 0 Å². The topological polar surface area (TPSA) is 99.0 Å². The van der Waals surface area contributed by atoms with Gasteiger partial charge in [0.1, 0.15) is 16.5 Å². The lowest BCUT2D eigenvalue weighted by atomic mass is 9.89. The van der Waals surface area contributed by atoms with Crippen LogP contribution in [0.4, 0.5) is 13.2 Å². The maximum atomic E-state index is 16.0. The van der Waals surface area contributed by atoms with Gasteiger partial charge in [-0.05, 0) is 24.1 Å². The van der Waals surface area contributed by atoms with Gasteiger partial charge in [-0.3, -0.25) is 0 Å². The lowest BCUT2D eigenvalue weighted by Crippen LogP contribution is -2.23. The monoisotopic (exact) mass is 543 g/mol. The molecule has 2 aliphatic rings. The molecule has 0 radical (unpaired) electrons. The van der Waals surface area contributed by atoms with E-state index in [4.69, 9.17) is 4.98 Å². The number of rotatable bonds is 5. The first kappa shape index (κ1) is 24.8. The van der Waals surface area contributed by atoms with Gasteiger partial charge < -0.3 is 14.6 Å². The summed E-state index contributed by atoms with van der Waals surface area (Å²) >= 11 is 0. The Labute approximate surface area is 216 Å². The predicted molar refractivity (Wildman–Crippen MR) is 133 cm³/mol. The molecule has 0 unspecified atom stereocenters. The number of alkyl halides is 2. The fourth-order valence-corrected chi connectivity index (χ4v) is 6.63. The maximum Gasteiger partial charge on any atom is 0.387 e. The minimum Gasteiger partial charge on any atom is -0.431 e. The zero-order chi connectivity index (χ0) is 26.9. The van der Waals surface area contributed by atoms with Gasteiger partial charge in [-0.1, -0.05) is 26.0 Å². The molecule has 12 heteroatoms. The lowest BCUT2D eigenvalue weighted by Gasteiger charge is -2.27. The molecule has 2 aliphatic heterocycles. The summed E-state index contributed by atoms with van der Waals surface area (Å²) in [7, 11) is -4.27. The molecular formula is C26H24F3N5O3S. The van der Waals surface area contributed by atoms with Crippen molar-refractivity contribution in [1.29, 1.82) is 0 Å². The summed E-state index contributed by atoms with van der Waals surface area (Å²) in [5.41, 5.74) is 2.36. The van der Waals surface area contributed by atoms with Crippen LogP contribution in [-0.4, -0.2) is 40.8 Å². The molecule has 0 saturated carbocycles. The van der Waals surface area contributed by atoms with Gasteiger partial charge in [-0.25, -0.2) is 27.8 Å². The van der Waals surface area contributed by atoms with Gasteiger partial charge in [0.2, 0.25) is 0 Å². The van der Waals surface area contributed by atoms with E-state index in [0.29, 0.717) is 17.8 Å². The Morgan fingerprint density at radius 1 is 1.16 bits per heavy atom. The number of hydrogen-bond acceptors (Lipinski definition) is 7. The third kappa shape index (κ3) is 3.77. The van der Waals surface area contributed by atoms with Crippen LogP contribution < -0.4 is 10.1 Å². The van der Waals surface area contributed by atoms with Crippen molar-refractivity contribution in [3.05, 3.63) is 65.3 Å². The number of nitrogens with zero attached hydrogens (tertiary/aromatic N) is 4. The number of sulfone groups is 1. The van der Waals surface area contributed by atoms with Crippen molar-refractivity contribution in [2.75, 3.05) is 6.26 Å². The van der Waals surface area contributed by atoms with Gasteiger partial charge in [-0.2, -0.15) is 8.78 Å². The van der Waals surface area contributed by atoms with Crippen molar-refractivity contribution in [2.45, 2.75) is 56.3 Å². The Hall–Kier alpha value is -3.51.